The van der Waals surface area contributed by atoms with Crippen molar-refractivity contribution >= 4 is 38.7 Å². The fourth-order valence-corrected chi connectivity index (χ4v) is 4.00. The number of nitrogens with zero attached hydrogens (tertiary/aromatic N) is 3. The zero-order valence-electron chi connectivity index (χ0n) is 22.1. The molecule has 0 radical (unpaired) electrons. The van der Waals surface area contributed by atoms with Gasteiger partial charge in [0.25, 0.3) is 0 Å². The van der Waals surface area contributed by atoms with Gasteiger partial charge < -0.3 is 19.5 Å². The normalized spacial score (nSPS) is 15.1. The molecule has 0 saturated carbocycles. The fourth-order valence-electron chi connectivity index (χ4n) is 3.13. The molecule has 35 heavy (non-hydrogen) atoms. The first-order valence-electron chi connectivity index (χ1n) is 12.0. The van der Waals surface area contributed by atoms with E-state index in [1.807, 2.05) is 65.8 Å². The highest BCUT2D eigenvalue weighted by Gasteiger charge is 2.33. The zero-order valence-corrected chi connectivity index (χ0v) is 22.9. The number of thiazole rings is 1. The number of para-hydroxylation sites is 1. The highest BCUT2D eigenvalue weighted by atomic mass is 32.1. The lowest BCUT2D eigenvalue weighted by Gasteiger charge is -2.24. The molecule has 0 aliphatic carbocycles. The van der Waals surface area contributed by atoms with Crippen molar-refractivity contribution in [3.63, 3.8) is 0 Å². The van der Waals surface area contributed by atoms with E-state index < -0.39 is 5.60 Å². The minimum atomic E-state index is -0.529. The summed E-state index contributed by atoms with van der Waals surface area (Å²) in [6, 6.07) is 7.76. The van der Waals surface area contributed by atoms with Gasteiger partial charge in [0.05, 0.1) is 21.8 Å². The number of ether oxygens (including phenoxy) is 1. The molecule has 0 spiro atoms. The van der Waals surface area contributed by atoms with Crippen LogP contribution in [0.25, 0.3) is 10.2 Å². The van der Waals surface area contributed by atoms with Gasteiger partial charge in [-0.2, -0.15) is 0 Å². The summed E-state index contributed by atoms with van der Waals surface area (Å²) in [6.45, 7) is 16.5. The second kappa shape index (κ2) is 12.7. The van der Waals surface area contributed by atoms with Crippen molar-refractivity contribution < 1.29 is 18.8 Å². The molecule has 3 heterocycles. The minimum absolute atomic E-state index is 0.0971. The van der Waals surface area contributed by atoms with Gasteiger partial charge in [-0.15, -0.1) is 0 Å². The summed E-state index contributed by atoms with van der Waals surface area (Å²) in [6.07, 6.45) is 1.52. The lowest BCUT2D eigenvalue weighted by molar-refractivity contribution is -0.119. The molecule has 0 bridgehead atoms. The van der Waals surface area contributed by atoms with E-state index in [9.17, 15) is 9.59 Å². The van der Waals surface area contributed by atoms with E-state index in [4.69, 9.17) is 9.26 Å². The number of carbonyl (C=O) groups is 2. The number of fused-ring (bicyclic) bond motifs is 1. The van der Waals surface area contributed by atoms with Crippen molar-refractivity contribution in [2.75, 3.05) is 18.4 Å². The van der Waals surface area contributed by atoms with Crippen LogP contribution in [0.3, 0.4) is 0 Å². The molecule has 1 fully saturated rings. The molecule has 2 aromatic heterocycles. The summed E-state index contributed by atoms with van der Waals surface area (Å²) in [5, 5.41) is 7.21. The summed E-state index contributed by atoms with van der Waals surface area (Å²) in [5.41, 5.74) is 2.49. The van der Waals surface area contributed by atoms with Crippen LogP contribution < -0.4 is 5.32 Å². The zero-order chi connectivity index (χ0) is 26.2. The summed E-state index contributed by atoms with van der Waals surface area (Å²) < 4.78 is 11.2. The maximum atomic E-state index is 12.4. The third kappa shape index (κ3) is 8.65. The van der Waals surface area contributed by atoms with E-state index in [2.05, 4.69) is 29.3 Å². The Balaban J connectivity index is 0.000000327. The van der Waals surface area contributed by atoms with Crippen molar-refractivity contribution in [1.29, 1.82) is 0 Å². The standard InChI is InChI=1S/C17H21N3O3S.C6H9NO.C3H8/c1-17(2,3)23-16(22)20-9-8-11(10-20)14(21)19-15-18-12-6-4-5-7-13(12)24-15;1-4-5(2)7-8-6(4)3;1-3-2/h4-7,11H,8-10H2,1-3H3,(H,18,19,21);1-3H3;3H2,1-2H3. The Morgan fingerprint density at radius 2 is 1.86 bits per heavy atom. The largest absolute Gasteiger partial charge is 0.444 e. The molecule has 1 unspecified atom stereocenters. The summed E-state index contributed by atoms with van der Waals surface area (Å²) >= 11 is 1.45. The molecule has 1 saturated heterocycles. The number of aromatic nitrogens is 2. The maximum Gasteiger partial charge on any atom is 0.410 e. The van der Waals surface area contributed by atoms with Crippen LogP contribution in [0.5, 0.6) is 0 Å². The fraction of sp³-hybridized carbons (Fsp3) is 0.538. The van der Waals surface area contributed by atoms with Gasteiger partial charge in [0, 0.05) is 18.7 Å². The number of aryl methyl sites for hydroxylation is 2. The molecular formula is C26H38N4O4S. The smallest absolute Gasteiger partial charge is 0.410 e. The Bertz CT molecular complexity index is 1060. The number of rotatable bonds is 2. The lowest BCUT2D eigenvalue weighted by Crippen LogP contribution is -2.36. The van der Waals surface area contributed by atoms with E-state index in [1.54, 1.807) is 4.90 Å². The Morgan fingerprint density at radius 1 is 1.20 bits per heavy atom. The Morgan fingerprint density at radius 3 is 2.37 bits per heavy atom. The molecule has 1 N–H and O–H groups in total. The van der Waals surface area contributed by atoms with E-state index in [1.165, 1.54) is 17.8 Å². The third-order valence-corrected chi connectivity index (χ3v) is 6.08. The number of carbonyl (C=O) groups excluding carboxylic acids is 2. The molecule has 1 aliphatic rings. The van der Waals surface area contributed by atoms with Crippen LogP contribution in [0.1, 0.15) is 64.5 Å². The van der Waals surface area contributed by atoms with Gasteiger partial charge in [-0.05, 0) is 60.1 Å². The molecule has 8 nitrogen and oxygen atoms in total. The number of anilines is 1. The molecular weight excluding hydrogens is 464 g/mol. The molecule has 1 atom stereocenters. The first-order valence-corrected chi connectivity index (χ1v) is 12.8. The van der Waals surface area contributed by atoms with Gasteiger partial charge in [0.1, 0.15) is 11.4 Å². The predicted octanol–water partition coefficient (Wildman–Crippen LogP) is 6.51. The average molecular weight is 503 g/mol. The lowest BCUT2D eigenvalue weighted by atomic mass is 10.1. The number of nitrogens with one attached hydrogen (secondary N) is 1. The highest BCUT2D eigenvalue weighted by molar-refractivity contribution is 7.22. The molecule has 192 valence electrons. The summed E-state index contributed by atoms with van der Waals surface area (Å²) in [5.74, 6) is 0.590. The van der Waals surface area contributed by atoms with Crippen molar-refractivity contribution in [3.8, 4) is 0 Å². The molecule has 3 aromatic rings. The first kappa shape index (κ1) is 28.3. The van der Waals surface area contributed by atoms with E-state index in [0.717, 1.165) is 27.2 Å². The van der Waals surface area contributed by atoms with Crippen molar-refractivity contribution in [1.82, 2.24) is 15.0 Å². The molecule has 2 amide bonds. The Kier molecular flexibility index (Phi) is 10.2. The number of likely N-dealkylation sites (tertiary alicyclic amines) is 1. The van der Waals surface area contributed by atoms with E-state index >= 15 is 0 Å². The van der Waals surface area contributed by atoms with Crippen LogP contribution in [0.15, 0.2) is 28.8 Å². The van der Waals surface area contributed by atoms with Crippen molar-refractivity contribution in [3.05, 3.63) is 41.3 Å². The monoisotopic (exact) mass is 502 g/mol. The van der Waals surface area contributed by atoms with Crippen LogP contribution in [0.2, 0.25) is 0 Å². The van der Waals surface area contributed by atoms with Crippen molar-refractivity contribution in [2.45, 2.75) is 73.8 Å². The summed E-state index contributed by atoms with van der Waals surface area (Å²) in [4.78, 5) is 30.5. The van der Waals surface area contributed by atoms with Crippen molar-refractivity contribution in [2.24, 2.45) is 5.92 Å². The topological polar surface area (TPSA) is 97.6 Å². The SMILES string of the molecule is CC(C)(C)OC(=O)N1CCC(C(=O)Nc2nc3ccccc3s2)C1.CCC.Cc1noc(C)c1C. The minimum Gasteiger partial charge on any atom is -0.444 e. The molecule has 1 aromatic carbocycles. The van der Waals surface area contributed by atoms with E-state index in [-0.39, 0.29) is 17.9 Å². The Hall–Kier alpha value is -2.94. The third-order valence-electron chi connectivity index (χ3n) is 5.13. The number of hydrogen-bond acceptors (Lipinski definition) is 7. The number of benzene rings is 1. The van der Waals surface area contributed by atoms with Gasteiger partial charge >= 0.3 is 6.09 Å². The van der Waals surface area contributed by atoms with Crippen LogP contribution in [0, 0.1) is 26.7 Å². The van der Waals surface area contributed by atoms with Gasteiger partial charge in [0.15, 0.2) is 5.13 Å². The van der Waals surface area contributed by atoms with Gasteiger partial charge in [-0.3, -0.25) is 4.79 Å². The van der Waals surface area contributed by atoms with Crippen LogP contribution >= 0.6 is 11.3 Å². The molecule has 1 aliphatic heterocycles. The quantitative estimate of drug-likeness (QED) is 0.429. The van der Waals surface area contributed by atoms with Crippen LogP contribution in [-0.4, -0.2) is 45.7 Å². The molecule has 9 heteroatoms. The Labute approximate surface area is 212 Å². The number of amides is 2. The van der Waals surface area contributed by atoms with Gasteiger partial charge in [-0.1, -0.05) is 48.9 Å². The number of hydrogen-bond donors (Lipinski definition) is 1. The van der Waals surface area contributed by atoms with Gasteiger partial charge in [0.2, 0.25) is 5.91 Å². The highest BCUT2D eigenvalue weighted by Crippen LogP contribution is 2.27. The van der Waals surface area contributed by atoms with E-state index in [0.29, 0.717) is 24.6 Å². The maximum absolute atomic E-state index is 12.4. The second-order valence-corrected chi connectivity index (χ2v) is 10.6. The second-order valence-electron chi connectivity index (χ2n) is 9.54. The average Bonchev–Trinajstić information content (AvgIpc) is 3.49. The summed E-state index contributed by atoms with van der Waals surface area (Å²) in [7, 11) is 0. The first-order chi connectivity index (χ1) is 16.4. The molecule has 4 rings (SSSR count). The van der Waals surface area contributed by atoms with Crippen LogP contribution in [0.4, 0.5) is 9.93 Å². The van der Waals surface area contributed by atoms with Gasteiger partial charge in [-0.25, -0.2) is 9.78 Å². The van der Waals surface area contributed by atoms with Crippen LogP contribution in [-0.2, 0) is 9.53 Å². The predicted molar refractivity (Wildman–Crippen MR) is 141 cm³/mol.